The molecule has 7 rings (SSSR count). The van der Waals surface area contributed by atoms with Crippen molar-refractivity contribution in [3.63, 3.8) is 0 Å². The van der Waals surface area contributed by atoms with Gasteiger partial charge in [0.2, 0.25) is 44.6 Å². The van der Waals surface area contributed by atoms with E-state index in [1.54, 1.807) is 85.9 Å². The largest absolute Gasteiger partial charge is 0.312 e. The van der Waals surface area contributed by atoms with E-state index >= 15 is 0 Å². The van der Waals surface area contributed by atoms with Crippen molar-refractivity contribution in [2.75, 3.05) is 0 Å². The number of hydrogen-bond acceptors (Lipinski definition) is 12. The number of hydrogen-bond donors (Lipinski definition) is 0. The summed E-state index contributed by atoms with van der Waals surface area (Å²) in [6.45, 7) is 6.79. The molecule has 0 N–H and O–H groups in total. The van der Waals surface area contributed by atoms with Gasteiger partial charge in [-0.15, -0.1) is 0 Å². The fourth-order valence-electron chi connectivity index (χ4n) is 6.43. The lowest BCUT2D eigenvalue weighted by Gasteiger charge is -2.10. The van der Waals surface area contributed by atoms with Gasteiger partial charge in [-0.3, -0.25) is 14.4 Å². The predicted octanol–water partition coefficient (Wildman–Crippen LogP) is 8.26. The summed E-state index contributed by atoms with van der Waals surface area (Å²) in [6, 6.07) is 24.8. The third-order valence-corrected chi connectivity index (χ3v) is 15.3. The van der Waals surface area contributed by atoms with Gasteiger partial charge in [0.05, 0.1) is 23.0 Å². The zero-order chi connectivity index (χ0) is 50.5. The molecule has 0 saturated heterocycles. The van der Waals surface area contributed by atoms with Crippen LogP contribution in [0.2, 0.25) is 15.1 Å². The van der Waals surface area contributed by atoms with Crippen LogP contribution in [0.3, 0.4) is 0 Å². The molecule has 0 aliphatic heterocycles. The van der Waals surface area contributed by atoms with E-state index in [-0.39, 0.29) is 17.3 Å². The number of aromatic nitrogens is 6. The lowest BCUT2D eigenvalue weighted by Crippen LogP contribution is -2.28. The molecule has 0 amide bonds. The van der Waals surface area contributed by atoms with Crippen molar-refractivity contribution in [1.82, 2.24) is 28.7 Å². The van der Waals surface area contributed by atoms with Crippen molar-refractivity contribution in [3.05, 3.63) is 197 Å². The topological polar surface area (TPSA) is 207 Å². The standard InChI is InChI=1S/C19H16Cl2N2O3S.C14H15ClN2O3S.C14H15FN2O3S/c1-2-23-11-17(14-5-9-16(21)10-6-14)22-18(19(23)24)27(25,26)12-13-3-7-15(20)8-4-13;2*1-2-8-17-9-7-16-13(14(17)18)21(19,20)10-11-3-5-12(15)6-4-11/h3-11H,2,12H2,1H3;2*3-7,9H,2,8,10H2,1H3. The van der Waals surface area contributed by atoms with Gasteiger partial charge in [0, 0.05) is 71.2 Å². The average molecular weight is 1060 g/mol. The summed E-state index contributed by atoms with van der Waals surface area (Å²) in [7, 11) is -11.6. The lowest BCUT2D eigenvalue weighted by atomic mass is 10.2. The summed E-state index contributed by atoms with van der Waals surface area (Å²) in [5, 5.41) is 0.243. The van der Waals surface area contributed by atoms with Gasteiger partial charge in [-0.25, -0.2) is 44.6 Å². The molecule has 0 radical (unpaired) electrons. The first-order chi connectivity index (χ1) is 32.7. The minimum Gasteiger partial charge on any atom is -0.312 e. The van der Waals surface area contributed by atoms with Crippen LogP contribution in [-0.2, 0) is 66.4 Å². The van der Waals surface area contributed by atoms with Crippen molar-refractivity contribution in [2.24, 2.45) is 0 Å². The molecule has 7 aromatic rings. The SMILES string of the molecule is CCCn1ccnc(S(=O)(=O)Cc2ccc(Cl)cc2)c1=O.CCCn1ccnc(S(=O)(=O)Cc2ccc(F)cc2)c1=O.CCn1cc(-c2ccc(Cl)cc2)nc(S(=O)(=O)Cc2ccc(Cl)cc2)c1=O. The fraction of sp³-hybridized carbons (Fsp3) is 0.234. The molecular formula is C47H46Cl3FN6O9S3. The van der Waals surface area contributed by atoms with Gasteiger partial charge in [-0.2, -0.15) is 0 Å². The fourth-order valence-corrected chi connectivity index (χ4v) is 10.9. The van der Waals surface area contributed by atoms with E-state index in [9.17, 15) is 44.0 Å². The number of benzene rings is 4. The molecule has 0 saturated carbocycles. The zero-order valence-corrected chi connectivity index (χ0v) is 42.1. The molecule has 364 valence electrons. The second-order valence-electron chi connectivity index (χ2n) is 15.1. The minimum absolute atomic E-state index is 0.275. The van der Waals surface area contributed by atoms with E-state index in [4.69, 9.17) is 34.8 Å². The predicted molar refractivity (Wildman–Crippen MR) is 264 cm³/mol. The molecule has 0 bridgehead atoms. The van der Waals surface area contributed by atoms with Crippen LogP contribution >= 0.6 is 34.8 Å². The van der Waals surface area contributed by atoms with Crippen molar-refractivity contribution < 1.29 is 29.6 Å². The quantitative estimate of drug-likeness (QED) is 0.0951. The smallest absolute Gasteiger partial charge is 0.288 e. The Balaban J connectivity index is 0.000000196. The Labute approximate surface area is 413 Å². The molecule has 3 aromatic heterocycles. The first-order valence-electron chi connectivity index (χ1n) is 21.1. The normalized spacial score (nSPS) is 11.5. The van der Waals surface area contributed by atoms with Crippen molar-refractivity contribution >= 4 is 64.3 Å². The second kappa shape index (κ2) is 24.1. The molecule has 0 fully saturated rings. The maximum atomic E-state index is 12.9. The van der Waals surface area contributed by atoms with Gasteiger partial charge in [-0.1, -0.05) is 97.2 Å². The molecule has 0 spiro atoms. The van der Waals surface area contributed by atoms with Gasteiger partial charge in [0.15, 0.2) is 0 Å². The van der Waals surface area contributed by atoms with Gasteiger partial charge < -0.3 is 13.7 Å². The Morgan fingerprint density at radius 1 is 0.493 bits per heavy atom. The molecule has 15 nitrogen and oxygen atoms in total. The van der Waals surface area contributed by atoms with Gasteiger partial charge >= 0.3 is 0 Å². The van der Waals surface area contributed by atoms with Crippen LogP contribution in [0.1, 0.15) is 50.3 Å². The molecule has 0 aliphatic carbocycles. The Hall–Kier alpha value is -5.83. The maximum Gasteiger partial charge on any atom is 0.288 e. The number of halogens is 4. The molecule has 22 heteroatoms. The van der Waals surface area contributed by atoms with Crippen molar-refractivity contribution in [3.8, 4) is 11.3 Å². The van der Waals surface area contributed by atoms with Crippen LogP contribution in [0.25, 0.3) is 11.3 Å². The summed E-state index contributed by atoms with van der Waals surface area (Å²) in [4.78, 5) is 48.5. The Kier molecular flexibility index (Phi) is 18.9. The maximum absolute atomic E-state index is 12.9. The van der Waals surface area contributed by atoms with Crippen LogP contribution in [0.4, 0.5) is 4.39 Å². The van der Waals surface area contributed by atoms with E-state index in [0.29, 0.717) is 69.1 Å². The highest BCUT2D eigenvalue weighted by molar-refractivity contribution is 7.91. The highest BCUT2D eigenvalue weighted by Gasteiger charge is 2.25. The molecule has 69 heavy (non-hydrogen) atoms. The van der Waals surface area contributed by atoms with Crippen molar-refractivity contribution in [2.45, 2.75) is 85.6 Å². The number of nitrogens with zero attached hydrogens (tertiary/aromatic N) is 6. The highest BCUT2D eigenvalue weighted by Crippen LogP contribution is 2.22. The Bertz CT molecular complexity index is 3270. The van der Waals surface area contributed by atoms with Crippen LogP contribution < -0.4 is 16.7 Å². The van der Waals surface area contributed by atoms with Crippen LogP contribution in [0.5, 0.6) is 0 Å². The highest BCUT2D eigenvalue weighted by atomic mass is 35.5. The van der Waals surface area contributed by atoms with E-state index in [0.717, 1.165) is 6.42 Å². The van der Waals surface area contributed by atoms with Crippen LogP contribution in [0.15, 0.2) is 158 Å². The summed E-state index contributed by atoms with van der Waals surface area (Å²) in [6.07, 6.45) is 8.59. The molecule has 0 atom stereocenters. The van der Waals surface area contributed by atoms with Crippen molar-refractivity contribution in [1.29, 1.82) is 0 Å². The van der Waals surface area contributed by atoms with E-state index < -0.39 is 67.1 Å². The summed E-state index contributed by atoms with van der Waals surface area (Å²) in [5.74, 6) is -1.44. The third kappa shape index (κ3) is 14.8. The Morgan fingerprint density at radius 2 is 0.841 bits per heavy atom. The van der Waals surface area contributed by atoms with Gasteiger partial charge in [0.25, 0.3) is 16.7 Å². The number of aryl methyl sites for hydroxylation is 3. The third-order valence-electron chi connectivity index (χ3n) is 9.81. The summed E-state index contributed by atoms with van der Waals surface area (Å²) < 4.78 is 91.9. The first-order valence-corrected chi connectivity index (χ1v) is 27.2. The average Bonchev–Trinajstić information content (AvgIpc) is 3.30. The molecule has 3 heterocycles. The Morgan fingerprint density at radius 3 is 1.22 bits per heavy atom. The van der Waals surface area contributed by atoms with E-state index in [2.05, 4.69) is 15.0 Å². The first kappa shape index (κ1) is 54.1. The molecule has 0 unspecified atom stereocenters. The summed E-state index contributed by atoms with van der Waals surface area (Å²) in [5.41, 5.74) is 0.724. The lowest BCUT2D eigenvalue weighted by molar-refractivity contribution is 0.577. The monoisotopic (exact) mass is 1060 g/mol. The second-order valence-corrected chi connectivity index (χ2v) is 22.2. The van der Waals surface area contributed by atoms with Gasteiger partial charge in [0.1, 0.15) is 5.82 Å². The molecule has 4 aromatic carbocycles. The zero-order valence-electron chi connectivity index (χ0n) is 37.4. The molecular weight excluding hydrogens is 1010 g/mol. The van der Waals surface area contributed by atoms with E-state index in [1.165, 1.54) is 62.8 Å². The molecule has 0 aliphatic rings. The van der Waals surface area contributed by atoms with Crippen LogP contribution in [-0.4, -0.2) is 53.9 Å². The minimum atomic E-state index is -3.94. The van der Waals surface area contributed by atoms with Crippen LogP contribution in [0, 0.1) is 5.82 Å². The number of sulfone groups is 3. The summed E-state index contributed by atoms with van der Waals surface area (Å²) >= 11 is 17.5. The van der Waals surface area contributed by atoms with Gasteiger partial charge in [-0.05, 0) is 85.0 Å². The van der Waals surface area contributed by atoms with E-state index in [1.807, 2.05) is 13.8 Å². The number of rotatable bonds is 15.